The molecule has 7 heteroatoms. The van der Waals surface area contributed by atoms with Crippen molar-refractivity contribution in [2.45, 2.75) is 0 Å². The van der Waals surface area contributed by atoms with Crippen LogP contribution in [0.5, 0.6) is 11.5 Å². The van der Waals surface area contributed by atoms with Crippen LogP contribution in [0.4, 0.5) is 10.2 Å². The van der Waals surface area contributed by atoms with Gasteiger partial charge in [0.15, 0.2) is 28.9 Å². The van der Waals surface area contributed by atoms with Gasteiger partial charge in [-0.1, -0.05) is 5.16 Å². The zero-order chi connectivity index (χ0) is 12.6. The molecule has 0 saturated heterocycles. The van der Waals surface area contributed by atoms with Gasteiger partial charge in [-0.3, -0.25) is 0 Å². The fraction of sp³-hybridized carbons (Fsp3) is 0.100. The van der Waals surface area contributed by atoms with E-state index in [1.807, 2.05) is 0 Å². The maximum Gasteiger partial charge on any atom is 0.175 e. The van der Waals surface area contributed by atoms with E-state index in [1.165, 1.54) is 19.2 Å². The Bertz CT molecular complexity index is 571. The lowest BCUT2D eigenvalue weighted by molar-refractivity contribution is 0.367. The van der Waals surface area contributed by atoms with Gasteiger partial charge in [0.1, 0.15) is 5.56 Å². The van der Waals surface area contributed by atoms with Crippen molar-refractivity contribution in [3.8, 4) is 22.8 Å². The number of phenols is 1. The third kappa shape index (κ3) is 1.93. The van der Waals surface area contributed by atoms with Gasteiger partial charge in [-0.15, -0.1) is 0 Å². The van der Waals surface area contributed by atoms with Crippen LogP contribution in [0.1, 0.15) is 0 Å². The number of anilines is 1. The first-order chi connectivity index (χ1) is 8.04. The Morgan fingerprint density at radius 2 is 2.24 bits per heavy atom. The second kappa shape index (κ2) is 4.25. The smallest absolute Gasteiger partial charge is 0.175 e. The summed E-state index contributed by atoms with van der Waals surface area (Å²) in [5, 5.41) is 13.1. The van der Waals surface area contributed by atoms with Crippen molar-refractivity contribution in [2.75, 3.05) is 12.8 Å². The maximum atomic E-state index is 14.0. The topological polar surface area (TPSA) is 81.5 Å². The number of aromatic nitrogens is 1. The van der Waals surface area contributed by atoms with Gasteiger partial charge >= 0.3 is 0 Å². The quantitative estimate of drug-likeness (QED) is 0.891. The van der Waals surface area contributed by atoms with Gasteiger partial charge < -0.3 is 20.1 Å². The van der Waals surface area contributed by atoms with Crippen LogP contribution in [0, 0.1) is 5.82 Å². The van der Waals surface area contributed by atoms with E-state index in [1.54, 1.807) is 0 Å². The van der Waals surface area contributed by atoms with E-state index in [0.717, 1.165) is 0 Å². The average molecular weight is 303 g/mol. The highest BCUT2D eigenvalue weighted by atomic mass is 79.9. The summed E-state index contributed by atoms with van der Waals surface area (Å²) >= 11 is 2.98. The fourth-order valence-corrected chi connectivity index (χ4v) is 1.84. The number of ether oxygens (including phenoxy) is 1. The molecule has 1 aromatic carbocycles. The number of phenolic OH excluding ortho intramolecular Hbond substituents is 1. The van der Waals surface area contributed by atoms with E-state index in [2.05, 4.69) is 21.1 Å². The zero-order valence-electron chi connectivity index (χ0n) is 8.70. The SMILES string of the molecule is COc1c(O)cc(Br)c(F)c1-c1cc(N)no1. The number of nitrogens with zero attached hydrogens (tertiary/aromatic N) is 1. The lowest BCUT2D eigenvalue weighted by Gasteiger charge is -2.10. The Kier molecular flexibility index (Phi) is 2.93. The van der Waals surface area contributed by atoms with Crippen LogP contribution < -0.4 is 10.5 Å². The summed E-state index contributed by atoms with van der Waals surface area (Å²) in [6.07, 6.45) is 0. The van der Waals surface area contributed by atoms with Crippen LogP contribution >= 0.6 is 15.9 Å². The molecule has 2 aromatic rings. The van der Waals surface area contributed by atoms with Gasteiger partial charge in [-0.05, 0) is 15.9 Å². The molecule has 0 unspecified atom stereocenters. The molecule has 0 aliphatic rings. The number of aromatic hydroxyl groups is 1. The molecule has 90 valence electrons. The minimum Gasteiger partial charge on any atom is -0.504 e. The van der Waals surface area contributed by atoms with E-state index in [9.17, 15) is 9.50 Å². The highest BCUT2D eigenvalue weighted by molar-refractivity contribution is 9.10. The predicted octanol–water partition coefficient (Wildman–Crippen LogP) is 2.54. The van der Waals surface area contributed by atoms with E-state index in [0.29, 0.717) is 0 Å². The van der Waals surface area contributed by atoms with Gasteiger partial charge in [-0.2, -0.15) is 0 Å². The molecule has 5 nitrogen and oxygen atoms in total. The molecule has 1 aromatic heterocycles. The first kappa shape index (κ1) is 11.7. The number of nitrogens with two attached hydrogens (primary N) is 1. The number of halogens is 2. The summed E-state index contributed by atoms with van der Waals surface area (Å²) in [7, 11) is 1.31. The fourth-order valence-electron chi connectivity index (χ4n) is 1.43. The molecule has 0 atom stereocenters. The van der Waals surface area contributed by atoms with Gasteiger partial charge in [0, 0.05) is 12.1 Å². The standard InChI is InChI=1S/C10H8BrFN2O3/c1-16-10-5(15)2-4(11)9(12)8(10)6-3-7(13)14-17-6/h2-3,15H,1H3,(H2,13,14). The molecule has 0 bridgehead atoms. The zero-order valence-corrected chi connectivity index (χ0v) is 10.3. The Hall–Kier alpha value is -1.76. The van der Waals surface area contributed by atoms with E-state index in [4.69, 9.17) is 15.0 Å². The lowest BCUT2D eigenvalue weighted by atomic mass is 10.1. The molecule has 0 spiro atoms. The molecular weight excluding hydrogens is 295 g/mol. The summed E-state index contributed by atoms with van der Waals surface area (Å²) < 4.78 is 23.8. The van der Waals surface area contributed by atoms with E-state index < -0.39 is 5.82 Å². The van der Waals surface area contributed by atoms with Gasteiger partial charge in [0.2, 0.25) is 0 Å². The van der Waals surface area contributed by atoms with Gasteiger partial charge in [0.25, 0.3) is 0 Å². The number of rotatable bonds is 2. The van der Waals surface area contributed by atoms with Crippen molar-refractivity contribution in [3.05, 3.63) is 22.4 Å². The first-order valence-electron chi connectivity index (χ1n) is 4.52. The predicted molar refractivity (Wildman–Crippen MR) is 62.2 cm³/mol. The van der Waals surface area contributed by atoms with Crippen LogP contribution in [-0.4, -0.2) is 17.4 Å². The number of benzene rings is 1. The van der Waals surface area contributed by atoms with Crippen LogP contribution in [0.15, 0.2) is 21.1 Å². The first-order valence-corrected chi connectivity index (χ1v) is 5.31. The molecule has 1 heterocycles. The number of hydrogen-bond acceptors (Lipinski definition) is 5. The van der Waals surface area contributed by atoms with E-state index >= 15 is 0 Å². The van der Waals surface area contributed by atoms with Crippen molar-refractivity contribution in [1.29, 1.82) is 0 Å². The summed E-state index contributed by atoms with van der Waals surface area (Å²) in [5.41, 5.74) is 5.35. The third-order valence-corrected chi connectivity index (χ3v) is 2.71. The van der Waals surface area contributed by atoms with Gasteiger partial charge in [0.05, 0.1) is 11.6 Å². The second-order valence-electron chi connectivity index (χ2n) is 3.22. The summed E-state index contributed by atoms with van der Waals surface area (Å²) in [4.78, 5) is 0. The molecule has 0 saturated carbocycles. The van der Waals surface area contributed by atoms with Crippen LogP contribution in [0.3, 0.4) is 0 Å². The van der Waals surface area contributed by atoms with E-state index in [-0.39, 0.29) is 33.1 Å². The van der Waals surface area contributed by atoms with Gasteiger partial charge in [-0.25, -0.2) is 4.39 Å². The molecular formula is C10H8BrFN2O3. The van der Waals surface area contributed by atoms with Crippen molar-refractivity contribution in [2.24, 2.45) is 0 Å². The monoisotopic (exact) mass is 302 g/mol. The van der Waals surface area contributed by atoms with Crippen molar-refractivity contribution in [3.63, 3.8) is 0 Å². The maximum absolute atomic E-state index is 14.0. The highest BCUT2D eigenvalue weighted by Gasteiger charge is 2.22. The number of hydrogen-bond donors (Lipinski definition) is 2. The normalized spacial score (nSPS) is 10.5. The average Bonchev–Trinajstić information content (AvgIpc) is 2.69. The number of nitrogen functional groups attached to an aromatic ring is 1. The Labute approximate surface area is 104 Å². The summed E-state index contributed by atoms with van der Waals surface area (Å²) in [5.74, 6) is -0.697. The molecule has 0 radical (unpaired) electrons. The van der Waals surface area contributed by atoms with Crippen LogP contribution in [-0.2, 0) is 0 Å². The molecule has 17 heavy (non-hydrogen) atoms. The lowest BCUT2D eigenvalue weighted by Crippen LogP contribution is -1.93. The molecule has 0 aliphatic carbocycles. The molecule has 2 rings (SSSR count). The molecule has 0 aliphatic heterocycles. The Morgan fingerprint density at radius 1 is 1.53 bits per heavy atom. The second-order valence-corrected chi connectivity index (χ2v) is 4.07. The van der Waals surface area contributed by atoms with Crippen molar-refractivity contribution >= 4 is 21.7 Å². The molecule has 0 amide bonds. The van der Waals surface area contributed by atoms with Crippen LogP contribution in [0.2, 0.25) is 0 Å². The highest BCUT2D eigenvalue weighted by Crippen LogP contribution is 2.42. The summed E-state index contributed by atoms with van der Waals surface area (Å²) in [6.45, 7) is 0. The van der Waals surface area contributed by atoms with Crippen molar-refractivity contribution in [1.82, 2.24) is 5.16 Å². The van der Waals surface area contributed by atoms with Crippen LogP contribution in [0.25, 0.3) is 11.3 Å². The Morgan fingerprint density at radius 3 is 2.76 bits per heavy atom. The minimum atomic E-state index is -0.629. The number of methoxy groups -OCH3 is 1. The molecule has 0 fully saturated rings. The summed E-state index contributed by atoms with van der Waals surface area (Å²) in [6, 6.07) is 2.53. The van der Waals surface area contributed by atoms with Crippen molar-refractivity contribution < 1.29 is 18.8 Å². The largest absolute Gasteiger partial charge is 0.504 e. The Balaban J connectivity index is 2.74. The minimum absolute atomic E-state index is 0.0384. The molecule has 3 N–H and O–H groups in total. The third-order valence-electron chi connectivity index (χ3n) is 2.13.